The first-order valence-corrected chi connectivity index (χ1v) is 8.06. The minimum absolute atomic E-state index is 0.493. The fraction of sp³-hybridized carbons (Fsp3) is 0.667. The highest BCUT2D eigenvalue weighted by molar-refractivity contribution is 5.33. The number of ether oxygens (including phenoxy) is 1. The van der Waals surface area contributed by atoms with Crippen molar-refractivity contribution in [2.45, 2.75) is 59.1 Å². The summed E-state index contributed by atoms with van der Waals surface area (Å²) in [6.07, 6.45) is 4.23. The Labute approximate surface area is 123 Å². The third kappa shape index (κ3) is 3.83. The van der Waals surface area contributed by atoms with Crippen LogP contribution in [0, 0.1) is 19.8 Å². The summed E-state index contributed by atoms with van der Waals surface area (Å²) in [5.74, 6) is 0.815. The monoisotopic (exact) mass is 275 g/mol. The lowest BCUT2D eigenvalue weighted by Crippen LogP contribution is -2.35. The summed E-state index contributed by atoms with van der Waals surface area (Å²) < 4.78 is 5.68. The standard InChI is InChI=1S/C18H29NO/c1-5-19-18(12-15-10-16(11-15)20-6-2)17-9-13(3)7-8-14(17)4/h7-9,15-16,18-19H,5-6,10-12H2,1-4H3. The normalized spacial score (nSPS) is 23.4. The summed E-state index contributed by atoms with van der Waals surface area (Å²) >= 11 is 0. The lowest BCUT2D eigenvalue weighted by molar-refractivity contribution is -0.0291. The molecule has 112 valence electrons. The maximum Gasteiger partial charge on any atom is 0.0580 e. The van der Waals surface area contributed by atoms with Gasteiger partial charge >= 0.3 is 0 Å². The van der Waals surface area contributed by atoms with Gasteiger partial charge in [-0.2, -0.15) is 0 Å². The van der Waals surface area contributed by atoms with Gasteiger partial charge in [-0.05, 0) is 63.6 Å². The number of nitrogens with one attached hydrogen (secondary N) is 1. The Kier molecular flexibility index (Phi) is 5.62. The molecular weight excluding hydrogens is 246 g/mol. The minimum atomic E-state index is 0.493. The number of rotatable bonds is 7. The molecule has 0 spiro atoms. The Hall–Kier alpha value is -0.860. The Morgan fingerprint density at radius 2 is 2.00 bits per heavy atom. The number of benzene rings is 1. The van der Waals surface area contributed by atoms with Crippen LogP contribution in [0.5, 0.6) is 0 Å². The number of aryl methyl sites for hydroxylation is 2. The third-order valence-electron chi connectivity index (χ3n) is 4.42. The van der Waals surface area contributed by atoms with E-state index in [1.54, 1.807) is 0 Å². The fourth-order valence-corrected chi connectivity index (χ4v) is 3.27. The van der Waals surface area contributed by atoms with Gasteiger partial charge in [-0.25, -0.2) is 0 Å². The van der Waals surface area contributed by atoms with E-state index in [1.165, 1.54) is 36.0 Å². The molecule has 1 unspecified atom stereocenters. The highest BCUT2D eigenvalue weighted by atomic mass is 16.5. The van der Waals surface area contributed by atoms with Crippen LogP contribution in [0.15, 0.2) is 18.2 Å². The lowest BCUT2D eigenvalue weighted by atomic mass is 9.76. The van der Waals surface area contributed by atoms with Gasteiger partial charge in [-0.1, -0.05) is 30.7 Å². The first kappa shape index (κ1) is 15.5. The molecule has 1 aliphatic carbocycles. The summed E-state index contributed by atoms with van der Waals surface area (Å²) in [4.78, 5) is 0. The Balaban J connectivity index is 1.99. The first-order chi connectivity index (χ1) is 9.63. The van der Waals surface area contributed by atoms with Gasteiger partial charge in [0.2, 0.25) is 0 Å². The smallest absolute Gasteiger partial charge is 0.0580 e. The zero-order valence-electron chi connectivity index (χ0n) is 13.4. The van der Waals surface area contributed by atoms with Crippen LogP contribution in [0.2, 0.25) is 0 Å². The van der Waals surface area contributed by atoms with Crippen LogP contribution in [0.25, 0.3) is 0 Å². The predicted molar refractivity (Wildman–Crippen MR) is 85.1 cm³/mol. The summed E-state index contributed by atoms with van der Waals surface area (Å²) in [7, 11) is 0. The van der Waals surface area contributed by atoms with Gasteiger partial charge in [0.05, 0.1) is 6.10 Å². The Bertz CT molecular complexity index is 423. The van der Waals surface area contributed by atoms with Crippen molar-refractivity contribution in [1.82, 2.24) is 5.32 Å². The molecule has 2 nitrogen and oxygen atoms in total. The van der Waals surface area contributed by atoms with Crippen LogP contribution in [0.3, 0.4) is 0 Å². The number of hydrogen-bond acceptors (Lipinski definition) is 2. The summed E-state index contributed by atoms with van der Waals surface area (Å²) in [6.45, 7) is 10.6. The molecule has 0 amide bonds. The van der Waals surface area contributed by atoms with Gasteiger partial charge in [0.1, 0.15) is 0 Å². The zero-order chi connectivity index (χ0) is 14.5. The van der Waals surface area contributed by atoms with Crippen molar-refractivity contribution in [2.24, 2.45) is 5.92 Å². The molecule has 2 rings (SSSR count). The van der Waals surface area contributed by atoms with E-state index in [2.05, 4.69) is 51.2 Å². The lowest BCUT2D eigenvalue weighted by Gasteiger charge is -2.37. The molecule has 2 heteroatoms. The van der Waals surface area contributed by atoms with E-state index in [0.29, 0.717) is 12.1 Å². The van der Waals surface area contributed by atoms with E-state index >= 15 is 0 Å². The van der Waals surface area contributed by atoms with Gasteiger partial charge in [-0.3, -0.25) is 0 Å². The van der Waals surface area contributed by atoms with Crippen LogP contribution in [0.1, 0.15) is 55.8 Å². The van der Waals surface area contributed by atoms with Crippen molar-refractivity contribution >= 4 is 0 Å². The van der Waals surface area contributed by atoms with Crippen molar-refractivity contribution < 1.29 is 4.74 Å². The second-order valence-electron chi connectivity index (χ2n) is 6.12. The van der Waals surface area contributed by atoms with Gasteiger partial charge in [0.25, 0.3) is 0 Å². The molecule has 1 aliphatic rings. The minimum Gasteiger partial charge on any atom is -0.378 e. The van der Waals surface area contributed by atoms with Crippen LogP contribution in [0.4, 0.5) is 0 Å². The van der Waals surface area contributed by atoms with Crippen molar-refractivity contribution in [2.75, 3.05) is 13.2 Å². The fourth-order valence-electron chi connectivity index (χ4n) is 3.27. The van der Waals surface area contributed by atoms with Crippen molar-refractivity contribution in [1.29, 1.82) is 0 Å². The number of hydrogen-bond donors (Lipinski definition) is 1. The SMILES string of the molecule is CCNC(CC1CC(OCC)C1)c1cc(C)ccc1C. The molecule has 0 bridgehead atoms. The molecule has 1 atom stereocenters. The molecule has 1 aromatic rings. The molecule has 0 aromatic heterocycles. The molecule has 20 heavy (non-hydrogen) atoms. The van der Waals surface area contributed by atoms with E-state index in [1.807, 2.05) is 0 Å². The maximum absolute atomic E-state index is 5.68. The second kappa shape index (κ2) is 7.24. The maximum atomic E-state index is 5.68. The van der Waals surface area contributed by atoms with Crippen LogP contribution in [-0.2, 0) is 4.74 Å². The van der Waals surface area contributed by atoms with Gasteiger partial charge < -0.3 is 10.1 Å². The van der Waals surface area contributed by atoms with Crippen molar-refractivity contribution in [3.8, 4) is 0 Å². The molecule has 0 saturated heterocycles. The third-order valence-corrected chi connectivity index (χ3v) is 4.42. The molecule has 0 heterocycles. The molecule has 1 saturated carbocycles. The molecular formula is C18H29NO. The molecule has 1 aromatic carbocycles. The van der Waals surface area contributed by atoms with Gasteiger partial charge in [-0.15, -0.1) is 0 Å². The quantitative estimate of drug-likeness (QED) is 0.807. The average Bonchev–Trinajstić information content (AvgIpc) is 2.38. The first-order valence-electron chi connectivity index (χ1n) is 8.06. The largest absolute Gasteiger partial charge is 0.378 e. The van der Waals surface area contributed by atoms with Crippen LogP contribution in [-0.4, -0.2) is 19.3 Å². The second-order valence-corrected chi connectivity index (χ2v) is 6.12. The van der Waals surface area contributed by atoms with Crippen LogP contribution < -0.4 is 5.32 Å². The van der Waals surface area contributed by atoms with Crippen LogP contribution >= 0.6 is 0 Å². The van der Waals surface area contributed by atoms with Gasteiger partial charge in [0.15, 0.2) is 0 Å². The molecule has 1 fully saturated rings. The van der Waals surface area contributed by atoms with E-state index in [0.717, 1.165) is 19.1 Å². The summed E-state index contributed by atoms with van der Waals surface area (Å²) in [5.41, 5.74) is 4.24. The Morgan fingerprint density at radius 1 is 1.25 bits per heavy atom. The highest BCUT2D eigenvalue weighted by Gasteiger charge is 2.31. The summed E-state index contributed by atoms with van der Waals surface area (Å²) in [6, 6.07) is 7.30. The van der Waals surface area contributed by atoms with Crippen molar-refractivity contribution in [3.63, 3.8) is 0 Å². The van der Waals surface area contributed by atoms with E-state index in [-0.39, 0.29) is 0 Å². The molecule has 0 aliphatic heterocycles. The molecule has 1 N–H and O–H groups in total. The van der Waals surface area contributed by atoms with E-state index in [9.17, 15) is 0 Å². The van der Waals surface area contributed by atoms with Crippen molar-refractivity contribution in [3.05, 3.63) is 34.9 Å². The van der Waals surface area contributed by atoms with Gasteiger partial charge in [0, 0.05) is 12.6 Å². The Morgan fingerprint density at radius 3 is 2.65 bits per heavy atom. The van der Waals surface area contributed by atoms with E-state index < -0.39 is 0 Å². The van der Waals surface area contributed by atoms with E-state index in [4.69, 9.17) is 4.74 Å². The summed E-state index contributed by atoms with van der Waals surface area (Å²) in [5, 5.41) is 3.67. The average molecular weight is 275 g/mol. The predicted octanol–water partition coefficient (Wildman–Crippen LogP) is 4.16. The molecule has 0 radical (unpaired) electrons. The topological polar surface area (TPSA) is 21.3 Å². The highest BCUT2D eigenvalue weighted by Crippen LogP contribution is 2.37. The zero-order valence-corrected chi connectivity index (χ0v) is 13.4.